The van der Waals surface area contributed by atoms with Crippen molar-refractivity contribution in [3.8, 4) is 5.88 Å². The number of carbonyl (C=O) groups is 1. The number of thioether (sulfide) groups is 1. The van der Waals surface area contributed by atoms with Crippen molar-refractivity contribution in [2.75, 3.05) is 18.8 Å². The molecule has 1 aliphatic heterocycles. The van der Waals surface area contributed by atoms with Crippen LogP contribution in [-0.2, 0) is 11.8 Å². The molecule has 0 N–H and O–H groups in total. The summed E-state index contributed by atoms with van der Waals surface area (Å²) >= 11 is 1.33. The van der Waals surface area contributed by atoms with Gasteiger partial charge >= 0.3 is 0 Å². The maximum absolute atomic E-state index is 12.0. The lowest BCUT2D eigenvalue weighted by molar-refractivity contribution is -0.137. The number of aromatic nitrogens is 5. The first-order valence-corrected chi connectivity index (χ1v) is 7.83. The quantitative estimate of drug-likeness (QED) is 0.732. The van der Waals surface area contributed by atoms with Crippen LogP contribution in [0.2, 0.25) is 0 Å². The van der Waals surface area contributed by atoms with Crippen LogP contribution in [0.1, 0.15) is 5.69 Å². The van der Waals surface area contributed by atoms with E-state index in [2.05, 4.69) is 20.5 Å². The van der Waals surface area contributed by atoms with E-state index in [0.29, 0.717) is 29.9 Å². The van der Waals surface area contributed by atoms with Gasteiger partial charge in [-0.05, 0) is 23.4 Å². The minimum absolute atomic E-state index is 0.0137. The predicted octanol–water partition coefficient (Wildman–Crippen LogP) is 0.295. The lowest BCUT2D eigenvalue weighted by Gasteiger charge is -2.38. The molecule has 1 amide bonds. The SMILES string of the molecule is Cc1cccc(OC2CN(C(=O)CSc3nnnn3C)C2)n1. The number of carbonyl (C=O) groups excluding carboxylic acids is 1. The number of tetrazole rings is 1. The number of hydrogen-bond acceptors (Lipinski definition) is 7. The molecule has 2 aromatic heterocycles. The Morgan fingerprint density at radius 3 is 2.95 bits per heavy atom. The van der Waals surface area contributed by atoms with Gasteiger partial charge < -0.3 is 9.64 Å². The van der Waals surface area contributed by atoms with Crippen LogP contribution < -0.4 is 4.74 Å². The van der Waals surface area contributed by atoms with E-state index >= 15 is 0 Å². The summed E-state index contributed by atoms with van der Waals surface area (Å²) in [6.45, 7) is 3.10. The molecular weight excluding hydrogens is 304 g/mol. The van der Waals surface area contributed by atoms with Gasteiger partial charge in [-0.3, -0.25) is 4.79 Å². The highest BCUT2D eigenvalue weighted by Gasteiger charge is 2.32. The van der Waals surface area contributed by atoms with Crippen molar-refractivity contribution in [3.63, 3.8) is 0 Å². The molecule has 0 saturated carbocycles. The number of likely N-dealkylation sites (tertiary alicyclic amines) is 1. The van der Waals surface area contributed by atoms with Gasteiger partial charge in [-0.15, -0.1) is 5.10 Å². The summed E-state index contributed by atoms with van der Waals surface area (Å²) in [5.74, 6) is 0.991. The minimum atomic E-state index is 0.0137. The topological polar surface area (TPSA) is 86.0 Å². The fourth-order valence-electron chi connectivity index (χ4n) is 2.03. The Bertz CT molecular complexity index is 670. The van der Waals surface area contributed by atoms with Crippen molar-refractivity contribution in [2.24, 2.45) is 7.05 Å². The second kappa shape index (κ2) is 6.30. The zero-order valence-corrected chi connectivity index (χ0v) is 13.2. The van der Waals surface area contributed by atoms with Gasteiger partial charge in [0.15, 0.2) is 0 Å². The Kier molecular flexibility index (Phi) is 4.23. The van der Waals surface area contributed by atoms with E-state index in [0.717, 1.165) is 5.69 Å². The van der Waals surface area contributed by atoms with Gasteiger partial charge in [0, 0.05) is 18.8 Å². The van der Waals surface area contributed by atoms with Gasteiger partial charge in [0.2, 0.25) is 16.9 Å². The lowest BCUT2D eigenvalue weighted by Crippen LogP contribution is -2.56. The van der Waals surface area contributed by atoms with E-state index < -0.39 is 0 Å². The summed E-state index contributed by atoms with van der Waals surface area (Å²) in [6.07, 6.45) is 0.0137. The van der Waals surface area contributed by atoms with Crippen molar-refractivity contribution in [1.29, 1.82) is 0 Å². The van der Waals surface area contributed by atoms with Crippen LogP contribution in [0, 0.1) is 6.92 Å². The molecule has 0 spiro atoms. The zero-order valence-electron chi connectivity index (χ0n) is 12.3. The Balaban J connectivity index is 1.43. The Morgan fingerprint density at radius 1 is 1.45 bits per heavy atom. The Labute approximate surface area is 131 Å². The fraction of sp³-hybridized carbons (Fsp3) is 0.462. The molecule has 0 aromatic carbocycles. The molecule has 3 rings (SSSR count). The molecule has 8 nitrogen and oxygen atoms in total. The Hall–Kier alpha value is -2.16. The van der Waals surface area contributed by atoms with E-state index in [-0.39, 0.29) is 12.0 Å². The van der Waals surface area contributed by atoms with Crippen LogP contribution in [0.4, 0.5) is 0 Å². The summed E-state index contributed by atoms with van der Waals surface area (Å²) in [6, 6.07) is 5.65. The molecule has 3 heterocycles. The van der Waals surface area contributed by atoms with E-state index in [4.69, 9.17) is 4.74 Å². The van der Waals surface area contributed by atoms with Crippen LogP contribution in [0.5, 0.6) is 5.88 Å². The average Bonchev–Trinajstić information content (AvgIpc) is 2.85. The predicted molar refractivity (Wildman–Crippen MR) is 79.5 cm³/mol. The highest BCUT2D eigenvalue weighted by molar-refractivity contribution is 7.99. The fourth-order valence-corrected chi connectivity index (χ4v) is 2.78. The smallest absolute Gasteiger partial charge is 0.233 e. The lowest BCUT2D eigenvalue weighted by atomic mass is 10.1. The number of aryl methyl sites for hydroxylation is 2. The molecule has 0 aliphatic carbocycles. The van der Waals surface area contributed by atoms with Gasteiger partial charge in [0.25, 0.3) is 0 Å². The summed E-state index contributed by atoms with van der Waals surface area (Å²) < 4.78 is 7.28. The monoisotopic (exact) mass is 320 g/mol. The van der Waals surface area contributed by atoms with Crippen LogP contribution >= 0.6 is 11.8 Å². The van der Waals surface area contributed by atoms with E-state index in [1.165, 1.54) is 11.8 Å². The second-order valence-corrected chi connectivity index (χ2v) is 5.97. The van der Waals surface area contributed by atoms with E-state index in [1.54, 1.807) is 16.6 Å². The van der Waals surface area contributed by atoms with Crippen molar-refractivity contribution < 1.29 is 9.53 Å². The third-order valence-electron chi connectivity index (χ3n) is 3.26. The van der Waals surface area contributed by atoms with Gasteiger partial charge in [-0.2, -0.15) is 0 Å². The van der Waals surface area contributed by atoms with Gasteiger partial charge in [0.05, 0.1) is 18.8 Å². The Morgan fingerprint density at radius 2 is 2.27 bits per heavy atom. The molecule has 0 bridgehead atoms. The van der Waals surface area contributed by atoms with Crippen molar-refractivity contribution in [3.05, 3.63) is 23.9 Å². The van der Waals surface area contributed by atoms with Gasteiger partial charge in [-0.1, -0.05) is 17.8 Å². The molecule has 0 radical (unpaired) electrons. The van der Waals surface area contributed by atoms with Gasteiger partial charge in [-0.25, -0.2) is 9.67 Å². The largest absolute Gasteiger partial charge is 0.471 e. The van der Waals surface area contributed by atoms with Crippen LogP contribution in [0.25, 0.3) is 0 Å². The van der Waals surface area contributed by atoms with Crippen LogP contribution in [0.15, 0.2) is 23.4 Å². The molecule has 1 saturated heterocycles. The maximum atomic E-state index is 12.0. The van der Waals surface area contributed by atoms with Crippen molar-refractivity contribution in [2.45, 2.75) is 18.2 Å². The molecule has 1 aliphatic rings. The van der Waals surface area contributed by atoms with Crippen LogP contribution in [0.3, 0.4) is 0 Å². The standard InChI is InChI=1S/C13H16N6O2S/c1-9-4-3-5-11(14-9)21-10-6-19(7-10)12(20)8-22-13-15-16-17-18(13)2/h3-5,10H,6-8H2,1-2H3. The summed E-state index contributed by atoms with van der Waals surface area (Å²) in [5.41, 5.74) is 0.915. The first-order valence-electron chi connectivity index (χ1n) is 6.85. The zero-order chi connectivity index (χ0) is 15.5. The number of ether oxygens (including phenoxy) is 1. The van der Waals surface area contributed by atoms with E-state index in [9.17, 15) is 4.79 Å². The normalized spacial score (nSPS) is 14.7. The first-order chi connectivity index (χ1) is 10.6. The molecule has 116 valence electrons. The van der Waals surface area contributed by atoms with E-state index in [1.807, 2.05) is 25.1 Å². The number of hydrogen-bond donors (Lipinski definition) is 0. The highest BCUT2D eigenvalue weighted by atomic mass is 32.2. The molecule has 0 atom stereocenters. The molecule has 22 heavy (non-hydrogen) atoms. The molecular formula is C13H16N6O2S. The number of rotatable bonds is 5. The minimum Gasteiger partial charge on any atom is -0.471 e. The third kappa shape index (κ3) is 3.35. The third-order valence-corrected chi connectivity index (χ3v) is 4.25. The van der Waals surface area contributed by atoms with Crippen molar-refractivity contribution >= 4 is 17.7 Å². The van der Waals surface area contributed by atoms with Gasteiger partial charge in [0.1, 0.15) is 6.10 Å². The molecule has 2 aromatic rings. The molecule has 9 heteroatoms. The summed E-state index contributed by atoms with van der Waals surface area (Å²) in [7, 11) is 1.75. The maximum Gasteiger partial charge on any atom is 0.233 e. The highest BCUT2D eigenvalue weighted by Crippen LogP contribution is 2.19. The summed E-state index contributed by atoms with van der Waals surface area (Å²) in [4.78, 5) is 18.1. The number of pyridine rings is 1. The van der Waals surface area contributed by atoms with Crippen molar-refractivity contribution in [1.82, 2.24) is 30.1 Å². The first kappa shape index (κ1) is 14.8. The average molecular weight is 320 g/mol. The molecule has 1 fully saturated rings. The summed E-state index contributed by atoms with van der Waals surface area (Å²) in [5, 5.41) is 11.7. The number of nitrogens with zero attached hydrogens (tertiary/aromatic N) is 6. The molecule has 0 unspecified atom stereocenters. The van der Waals surface area contributed by atoms with Crippen LogP contribution in [-0.4, -0.2) is 60.9 Å². The number of amides is 1. The second-order valence-electron chi connectivity index (χ2n) is 5.03.